The summed E-state index contributed by atoms with van der Waals surface area (Å²) in [5, 5.41) is 5.68. The highest BCUT2D eigenvalue weighted by Crippen LogP contribution is 2.16. The fourth-order valence-corrected chi connectivity index (χ4v) is 2.83. The van der Waals surface area contributed by atoms with E-state index in [2.05, 4.69) is 15.5 Å². The highest BCUT2D eigenvalue weighted by atomic mass is 16.5. The van der Waals surface area contributed by atoms with Gasteiger partial charge in [-0.25, -0.2) is 4.79 Å². The molecule has 1 aromatic rings. The number of hydrogen-bond donors (Lipinski definition) is 2. The number of nitrogens with one attached hydrogen (secondary N) is 2. The number of ketones is 1. The largest absolute Gasteiger partial charge is 0.383 e. The maximum absolute atomic E-state index is 12.0. The zero-order valence-electron chi connectivity index (χ0n) is 13.8. The fourth-order valence-electron chi connectivity index (χ4n) is 2.83. The van der Waals surface area contributed by atoms with Crippen LogP contribution in [0.25, 0.3) is 0 Å². The molecule has 1 saturated heterocycles. The van der Waals surface area contributed by atoms with Crippen molar-refractivity contribution in [2.24, 2.45) is 0 Å². The number of rotatable bonds is 7. The first-order valence-corrected chi connectivity index (χ1v) is 7.99. The summed E-state index contributed by atoms with van der Waals surface area (Å²) in [4.78, 5) is 25.7. The molecule has 0 radical (unpaired) electrons. The van der Waals surface area contributed by atoms with Gasteiger partial charge < -0.3 is 15.4 Å². The molecule has 1 aliphatic rings. The second-order valence-electron chi connectivity index (χ2n) is 5.80. The van der Waals surface area contributed by atoms with E-state index in [-0.39, 0.29) is 11.8 Å². The summed E-state index contributed by atoms with van der Waals surface area (Å²) in [5.74, 6) is -0.0196. The van der Waals surface area contributed by atoms with Gasteiger partial charge in [0.2, 0.25) is 0 Å². The van der Waals surface area contributed by atoms with Crippen molar-refractivity contribution in [2.75, 3.05) is 38.7 Å². The van der Waals surface area contributed by atoms with Crippen molar-refractivity contribution in [2.45, 2.75) is 25.8 Å². The van der Waals surface area contributed by atoms with Crippen molar-refractivity contribution >= 4 is 17.5 Å². The SMILES string of the molecule is COCCN1CCC[C@H]1CNC(=O)Nc1cccc(C(C)=O)c1. The van der Waals surface area contributed by atoms with Crippen LogP contribution in [0.4, 0.5) is 10.5 Å². The Hall–Kier alpha value is -1.92. The van der Waals surface area contributed by atoms with Gasteiger partial charge in [0.05, 0.1) is 6.61 Å². The van der Waals surface area contributed by atoms with Crippen LogP contribution in [0.15, 0.2) is 24.3 Å². The second-order valence-corrected chi connectivity index (χ2v) is 5.80. The zero-order valence-corrected chi connectivity index (χ0v) is 13.8. The van der Waals surface area contributed by atoms with E-state index in [0.717, 1.165) is 25.9 Å². The summed E-state index contributed by atoms with van der Waals surface area (Å²) in [6.07, 6.45) is 2.24. The molecule has 23 heavy (non-hydrogen) atoms. The van der Waals surface area contributed by atoms with E-state index in [1.54, 1.807) is 31.4 Å². The molecule has 0 spiro atoms. The molecule has 1 atom stereocenters. The predicted molar refractivity (Wildman–Crippen MR) is 89.9 cm³/mol. The van der Waals surface area contributed by atoms with Gasteiger partial charge in [-0.05, 0) is 38.4 Å². The number of carbonyl (C=O) groups excluding carboxylic acids is 2. The summed E-state index contributed by atoms with van der Waals surface area (Å²) in [7, 11) is 1.70. The first-order valence-electron chi connectivity index (χ1n) is 7.99. The minimum atomic E-state index is -0.246. The first-order chi connectivity index (χ1) is 11.1. The minimum Gasteiger partial charge on any atom is -0.383 e. The van der Waals surface area contributed by atoms with Crippen molar-refractivity contribution in [3.8, 4) is 0 Å². The van der Waals surface area contributed by atoms with Crippen LogP contribution in [0.1, 0.15) is 30.1 Å². The summed E-state index contributed by atoms with van der Waals surface area (Å²) in [6, 6.07) is 7.06. The van der Waals surface area contributed by atoms with Gasteiger partial charge >= 0.3 is 6.03 Å². The topological polar surface area (TPSA) is 70.7 Å². The Balaban J connectivity index is 1.80. The first kappa shape index (κ1) is 17.4. The molecular formula is C17H25N3O3. The van der Waals surface area contributed by atoms with Crippen molar-refractivity contribution in [1.82, 2.24) is 10.2 Å². The Morgan fingerprint density at radius 2 is 2.22 bits per heavy atom. The lowest BCUT2D eigenvalue weighted by Crippen LogP contribution is -2.42. The van der Waals surface area contributed by atoms with Gasteiger partial charge in [0.15, 0.2) is 5.78 Å². The zero-order chi connectivity index (χ0) is 16.7. The van der Waals surface area contributed by atoms with E-state index in [1.165, 1.54) is 6.92 Å². The number of nitrogens with zero attached hydrogens (tertiary/aromatic N) is 1. The maximum Gasteiger partial charge on any atom is 0.319 e. The van der Waals surface area contributed by atoms with E-state index in [9.17, 15) is 9.59 Å². The molecule has 1 aliphatic heterocycles. The number of urea groups is 1. The quantitative estimate of drug-likeness (QED) is 0.755. The molecule has 1 fully saturated rings. The van der Waals surface area contributed by atoms with Gasteiger partial charge in [0, 0.05) is 37.5 Å². The van der Waals surface area contributed by atoms with E-state index < -0.39 is 0 Å². The molecule has 126 valence electrons. The molecule has 2 amide bonds. The van der Waals surface area contributed by atoms with Gasteiger partial charge in [-0.2, -0.15) is 0 Å². The fraction of sp³-hybridized carbons (Fsp3) is 0.529. The van der Waals surface area contributed by atoms with Crippen LogP contribution in [0.2, 0.25) is 0 Å². The minimum absolute atomic E-state index is 0.0196. The number of anilines is 1. The highest BCUT2D eigenvalue weighted by Gasteiger charge is 2.24. The molecule has 0 aromatic heterocycles. The lowest BCUT2D eigenvalue weighted by molar-refractivity contribution is 0.101. The highest BCUT2D eigenvalue weighted by molar-refractivity contribution is 5.96. The second kappa shape index (κ2) is 8.64. The standard InChI is InChI=1S/C17H25N3O3/c1-13(21)14-5-3-6-15(11-14)19-17(22)18-12-16-7-4-8-20(16)9-10-23-2/h3,5-6,11,16H,4,7-10,12H2,1-2H3,(H2,18,19,22)/t16-/m0/s1. The van der Waals surface area contributed by atoms with Crippen LogP contribution in [-0.4, -0.2) is 56.1 Å². The third kappa shape index (κ3) is 5.33. The van der Waals surface area contributed by atoms with Crippen LogP contribution in [0.3, 0.4) is 0 Å². The average molecular weight is 319 g/mol. The number of benzene rings is 1. The number of likely N-dealkylation sites (tertiary alicyclic amines) is 1. The molecule has 1 aromatic carbocycles. The number of amides is 2. The molecule has 0 saturated carbocycles. The van der Waals surface area contributed by atoms with Crippen LogP contribution in [0, 0.1) is 0 Å². The summed E-state index contributed by atoms with van der Waals surface area (Å²) in [6.45, 7) is 4.78. The van der Waals surface area contributed by atoms with Gasteiger partial charge in [0.1, 0.15) is 0 Å². The van der Waals surface area contributed by atoms with E-state index >= 15 is 0 Å². The Kier molecular flexibility index (Phi) is 6.55. The molecule has 6 heteroatoms. The predicted octanol–water partition coefficient (Wildman–Crippen LogP) is 2.12. The average Bonchev–Trinajstić information content (AvgIpc) is 2.98. The summed E-state index contributed by atoms with van der Waals surface area (Å²) >= 11 is 0. The van der Waals surface area contributed by atoms with Crippen molar-refractivity contribution in [3.63, 3.8) is 0 Å². The molecule has 0 aliphatic carbocycles. The molecule has 2 N–H and O–H groups in total. The Labute approximate surface area is 137 Å². The lowest BCUT2D eigenvalue weighted by atomic mass is 10.1. The molecular weight excluding hydrogens is 294 g/mol. The van der Waals surface area contributed by atoms with Gasteiger partial charge in [-0.15, -0.1) is 0 Å². The number of carbonyl (C=O) groups is 2. The maximum atomic E-state index is 12.0. The van der Waals surface area contributed by atoms with Crippen LogP contribution in [0.5, 0.6) is 0 Å². The number of methoxy groups -OCH3 is 1. The van der Waals surface area contributed by atoms with E-state index in [4.69, 9.17) is 4.74 Å². The van der Waals surface area contributed by atoms with Crippen LogP contribution >= 0.6 is 0 Å². The van der Waals surface area contributed by atoms with Crippen LogP contribution < -0.4 is 10.6 Å². The molecule has 0 unspecified atom stereocenters. The van der Waals surface area contributed by atoms with Crippen molar-refractivity contribution in [1.29, 1.82) is 0 Å². The smallest absolute Gasteiger partial charge is 0.319 e. The molecule has 2 rings (SSSR count). The third-order valence-electron chi connectivity index (χ3n) is 4.11. The van der Waals surface area contributed by atoms with Crippen molar-refractivity contribution in [3.05, 3.63) is 29.8 Å². The Morgan fingerprint density at radius 1 is 1.39 bits per heavy atom. The van der Waals surface area contributed by atoms with Crippen LogP contribution in [-0.2, 0) is 4.74 Å². The molecule has 6 nitrogen and oxygen atoms in total. The van der Waals surface area contributed by atoms with E-state index in [1.807, 2.05) is 0 Å². The van der Waals surface area contributed by atoms with Gasteiger partial charge in [-0.1, -0.05) is 12.1 Å². The van der Waals surface area contributed by atoms with Gasteiger partial charge in [0.25, 0.3) is 0 Å². The van der Waals surface area contributed by atoms with Crippen molar-refractivity contribution < 1.29 is 14.3 Å². The normalized spacial score (nSPS) is 17.9. The molecule has 1 heterocycles. The summed E-state index contributed by atoms with van der Waals surface area (Å²) < 4.78 is 5.12. The number of hydrogen-bond acceptors (Lipinski definition) is 4. The van der Waals surface area contributed by atoms with Gasteiger partial charge in [-0.3, -0.25) is 9.69 Å². The lowest BCUT2D eigenvalue weighted by Gasteiger charge is -2.24. The summed E-state index contributed by atoms with van der Waals surface area (Å²) in [5.41, 5.74) is 1.21. The monoisotopic (exact) mass is 319 g/mol. The number of ether oxygens (including phenoxy) is 1. The Bertz CT molecular complexity index is 548. The molecule has 0 bridgehead atoms. The van der Waals surface area contributed by atoms with E-state index in [0.29, 0.717) is 30.4 Å². The third-order valence-corrected chi connectivity index (χ3v) is 4.11. The Morgan fingerprint density at radius 3 is 2.96 bits per heavy atom. The number of Topliss-reactive ketones (excluding diaryl/α,β-unsaturated/α-hetero) is 1.